The number of aryl methyl sites for hydroxylation is 3. The second-order valence-corrected chi connectivity index (χ2v) is 7.52. The summed E-state index contributed by atoms with van der Waals surface area (Å²) in [6.45, 7) is 10.1. The first-order valence-corrected chi connectivity index (χ1v) is 9.60. The van der Waals surface area contributed by atoms with E-state index in [2.05, 4.69) is 10.5 Å². The summed E-state index contributed by atoms with van der Waals surface area (Å²) in [6, 6.07) is 7.72. The fourth-order valence-electron chi connectivity index (χ4n) is 2.49. The average Bonchev–Trinajstić information content (AvgIpc) is 3.01. The zero-order valence-corrected chi connectivity index (χ0v) is 16.6. The van der Waals surface area contributed by atoms with E-state index in [4.69, 9.17) is 4.52 Å². The molecule has 0 aliphatic carbocycles. The van der Waals surface area contributed by atoms with Crippen molar-refractivity contribution in [2.45, 2.75) is 39.9 Å². The molecule has 0 fully saturated rings. The summed E-state index contributed by atoms with van der Waals surface area (Å²) in [5.74, 6) is 1.03. The Morgan fingerprint density at radius 3 is 2.62 bits per heavy atom. The standard InChI is InChI=1S/C19H25N3O3S/c1-6-22(16-9-12(2)7-8-13(16)3)18(23)11-26-15(5)19(24)20-17-10-14(4)25-21-17/h7-10,15H,6,11H2,1-5H3,(H,20,21,24). The minimum Gasteiger partial charge on any atom is -0.360 e. The molecule has 0 spiro atoms. The predicted octanol–water partition coefficient (Wildman–Crippen LogP) is 3.71. The zero-order chi connectivity index (χ0) is 19.3. The molecular weight excluding hydrogens is 350 g/mol. The van der Waals surface area contributed by atoms with Crippen LogP contribution in [0.4, 0.5) is 11.5 Å². The lowest BCUT2D eigenvalue weighted by molar-refractivity contribution is -0.116. The number of hydrogen-bond acceptors (Lipinski definition) is 5. The maximum atomic E-state index is 12.7. The number of hydrogen-bond donors (Lipinski definition) is 1. The highest BCUT2D eigenvalue weighted by atomic mass is 32.2. The molecule has 1 aromatic carbocycles. The van der Waals surface area contributed by atoms with Crippen LogP contribution in [-0.4, -0.2) is 34.5 Å². The van der Waals surface area contributed by atoms with Crippen molar-refractivity contribution in [2.24, 2.45) is 0 Å². The highest BCUT2D eigenvalue weighted by Gasteiger charge is 2.20. The van der Waals surface area contributed by atoms with E-state index in [0.717, 1.165) is 16.8 Å². The molecule has 1 N–H and O–H groups in total. The molecule has 1 unspecified atom stereocenters. The largest absolute Gasteiger partial charge is 0.360 e. The number of carbonyl (C=O) groups is 2. The van der Waals surface area contributed by atoms with Crippen LogP contribution in [-0.2, 0) is 9.59 Å². The molecule has 2 amide bonds. The molecule has 1 atom stereocenters. The molecular formula is C19H25N3O3S. The van der Waals surface area contributed by atoms with Gasteiger partial charge < -0.3 is 14.7 Å². The lowest BCUT2D eigenvalue weighted by Crippen LogP contribution is -2.34. The first kappa shape index (κ1) is 20.0. The summed E-state index contributed by atoms with van der Waals surface area (Å²) in [6.07, 6.45) is 0. The molecule has 6 nitrogen and oxygen atoms in total. The van der Waals surface area contributed by atoms with Crippen molar-refractivity contribution in [3.63, 3.8) is 0 Å². The molecule has 0 bridgehead atoms. The van der Waals surface area contributed by atoms with E-state index in [1.54, 1.807) is 24.8 Å². The van der Waals surface area contributed by atoms with E-state index < -0.39 is 0 Å². The SMILES string of the molecule is CCN(C(=O)CSC(C)C(=O)Nc1cc(C)on1)c1cc(C)ccc1C. The van der Waals surface area contributed by atoms with Crippen LogP contribution >= 0.6 is 11.8 Å². The Morgan fingerprint density at radius 2 is 2.00 bits per heavy atom. The van der Waals surface area contributed by atoms with Gasteiger partial charge in [-0.1, -0.05) is 17.3 Å². The van der Waals surface area contributed by atoms with Gasteiger partial charge in [-0.15, -0.1) is 11.8 Å². The summed E-state index contributed by atoms with van der Waals surface area (Å²) in [5, 5.41) is 6.05. The van der Waals surface area contributed by atoms with Gasteiger partial charge in [0, 0.05) is 18.3 Å². The number of nitrogens with zero attached hydrogens (tertiary/aromatic N) is 2. The maximum absolute atomic E-state index is 12.7. The fourth-order valence-corrected chi connectivity index (χ4v) is 3.25. The van der Waals surface area contributed by atoms with E-state index in [9.17, 15) is 9.59 Å². The highest BCUT2D eigenvalue weighted by Crippen LogP contribution is 2.23. The summed E-state index contributed by atoms with van der Waals surface area (Å²) in [5.41, 5.74) is 3.09. The van der Waals surface area contributed by atoms with Crippen LogP contribution in [0.25, 0.3) is 0 Å². The monoisotopic (exact) mass is 375 g/mol. The minimum absolute atomic E-state index is 0.0110. The van der Waals surface area contributed by atoms with E-state index in [0.29, 0.717) is 18.1 Å². The van der Waals surface area contributed by atoms with E-state index in [1.165, 1.54) is 11.8 Å². The van der Waals surface area contributed by atoms with Gasteiger partial charge in [0.2, 0.25) is 11.8 Å². The van der Waals surface area contributed by atoms with Gasteiger partial charge in [0.25, 0.3) is 0 Å². The molecule has 0 saturated heterocycles. The second-order valence-electron chi connectivity index (χ2n) is 6.19. The number of thioether (sulfide) groups is 1. The Labute approximate surface area is 158 Å². The van der Waals surface area contributed by atoms with Crippen molar-refractivity contribution >= 4 is 35.1 Å². The van der Waals surface area contributed by atoms with Crippen LogP contribution in [0.3, 0.4) is 0 Å². The van der Waals surface area contributed by atoms with Crippen molar-refractivity contribution in [1.82, 2.24) is 5.16 Å². The van der Waals surface area contributed by atoms with Gasteiger partial charge in [0.05, 0.1) is 11.0 Å². The second kappa shape index (κ2) is 8.89. The minimum atomic E-state index is -0.381. The lowest BCUT2D eigenvalue weighted by Gasteiger charge is -2.24. The Balaban J connectivity index is 1.95. The third-order valence-corrected chi connectivity index (χ3v) is 5.11. The van der Waals surface area contributed by atoms with Crippen LogP contribution in [0.15, 0.2) is 28.8 Å². The Hall–Kier alpha value is -2.28. The fraction of sp³-hybridized carbons (Fsp3) is 0.421. The van der Waals surface area contributed by atoms with Crippen molar-refractivity contribution in [1.29, 1.82) is 0 Å². The van der Waals surface area contributed by atoms with Gasteiger partial charge in [-0.25, -0.2) is 0 Å². The van der Waals surface area contributed by atoms with Crippen molar-refractivity contribution in [3.05, 3.63) is 41.2 Å². The predicted molar refractivity (Wildman–Crippen MR) is 106 cm³/mol. The molecule has 140 valence electrons. The molecule has 26 heavy (non-hydrogen) atoms. The summed E-state index contributed by atoms with van der Waals surface area (Å²) in [4.78, 5) is 26.6. The molecule has 2 rings (SSSR count). The summed E-state index contributed by atoms with van der Waals surface area (Å²) >= 11 is 1.31. The van der Waals surface area contributed by atoms with Gasteiger partial charge >= 0.3 is 0 Å². The smallest absolute Gasteiger partial charge is 0.238 e. The van der Waals surface area contributed by atoms with Gasteiger partial charge in [-0.05, 0) is 51.8 Å². The van der Waals surface area contributed by atoms with Crippen LogP contribution in [0.1, 0.15) is 30.7 Å². The van der Waals surface area contributed by atoms with Crippen LogP contribution in [0.2, 0.25) is 0 Å². The van der Waals surface area contributed by atoms with Crippen LogP contribution in [0, 0.1) is 20.8 Å². The third-order valence-electron chi connectivity index (χ3n) is 3.98. The number of benzene rings is 1. The van der Waals surface area contributed by atoms with E-state index in [1.807, 2.05) is 39.0 Å². The molecule has 0 aliphatic heterocycles. The highest BCUT2D eigenvalue weighted by molar-refractivity contribution is 8.01. The topological polar surface area (TPSA) is 75.4 Å². The van der Waals surface area contributed by atoms with Gasteiger partial charge in [-0.3, -0.25) is 9.59 Å². The molecule has 0 radical (unpaired) electrons. The van der Waals surface area contributed by atoms with E-state index >= 15 is 0 Å². The lowest BCUT2D eigenvalue weighted by atomic mass is 10.1. The normalized spacial score (nSPS) is 11.9. The van der Waals surface area contributed by atoms with Crippen LogP contribution in [0.5, 0.6) is 0 Å². The Kier molecular flexibility index (Phi) is 6.85. The Bertz CT molecular complexity index is 788. The number of rotatable bonds is 7. The first-order valence-electron chi connectivity index (χ1n) is 8.55. The van der Waals surface area contributed by atoms with Crippen LogP contribution < -0.4 is 10.2 Å². The molecule has 1 aromatic heterocycles. The first-order chi connectivity index (χ1) is 12.3. The number of anilines is 2. The molecule has 1 heterocycles. The van der Waals surface area contributed by atoms with Crippen molar-refractivity contribution in [2.75, 3.05) is 22.5 Å². The van der Waals surface area contributed by atoms with Gasteiger partial charge in [0.15, 0.2) is 5.82 Å². The number of carbonyl (C=O) groups excluding carboxylic acids is 2. The van der Waals surface area contributed by atoms with Gasteiger partial charge in [-0.2, -0.15) is 0 Å². The summed E-state index contributed by atoms with van der Waals surface area (Å²) < 4.78 is 4.93. The Morgan fingerprint density at radius 1 is 1.27 bits per heavy atom. The third kappa shape index (κ3) is 5.11. The van der Waals surface area contributed by atoms with Crippen molar-refractivity contribution in [3.8, 4) is 0 Å². The molecule has 7 heteroatoms. The molecule has 0 aliphatic rings. The van der Waals surface area contributed by atoms with Crippen molar-refractivity contribution < 1.29 is 14.1 Å². The van der Waals surface area contributed by atoms with Gasteiger partial charge in [0.1, 0.15) is 5.76 Å². The maximum Gasteiger partial charge on any atom is 0.238 e. The van der Waals surface area contributed by atoms with E-state index in [-0.39, 0.29) is 22.8 Å². The average molecular weight is 375 g/mol. The number of aromatic nitrogens is 1. The zero-order valence-electron chi connectivity index (χ0n) is 15.8. The summed E-state index contributed by atoms with van der Waals surface area (Å²) in [7, 11) is 0. The molecule has 2 aromatic rings. The number of nitrogens with one attached hydrogen (secondary N) is 1. The number of amides is 2. The molecule has 0 saturated carbocycles. The quantitative estimate of drug-likeness (QED) is 0.798.